The lowest BCUT2D eigenvalue weighted by atomic mass is 9.72. The maximum atomic E-state index is 3.59. The van der Waals surface area contributed by atoms with E-state index in [0.717, 1.165) is 5.92 Å². The molecule has 1 aliphatic rings. The van der Waals surface area contributed by atoms with Crippen LogP contribution in [0.2, 0.25) is 0 Å². The molecule has 0 spiro atoms. The number of hydrogen-bond acceptors (Lipinski definition) is 1. The molecule has 1 heteroatoms. The molecule has 0 radical (unpaired) electrons. The molecule has 1 saturated carbocycles. The smallest absolute Gasteiger partial charge is 0.0158 e. The minimum absolute atomic E-state index is 0.202. The van der Waals surface area contributed by atoms with Gasteiger partial charge >= 0.3 is 0 Å². The van der Waals surface area contributed by atoms with Gasteiger partial charge in [0.25, 0.3) is 0 Å². The molecule has 0 amide bonds. The van der Waals surface area contributed by atoms with E-state index >= 15 is 0 Å². The van der Waals surface area contributed by atoms with E-state index in [0.29, 0.717) is 6.04 Å². The van der Waals surface area contributed by atoms with Gasteiger partial charge in [0.05, 0.1) is 0 Å². The zero-order valence-electron chi connectivity index (χ0n) is 12.8. The number of likely N-dealkylation sites (N-methyl/N-ethyl adjacent to an activating group) is 1. The summed E-state index contributed by atoms with van der Waals surface area (Å²) >= 11 is 0. The maximum absolute atomic E-state index is 3.59. The first-order valence-corrected chi connectivity index (χ1v) is 7.87. The molecule has 1 aromatic carbocycles. The molecule has 1 N–H and O–H groups in total. The molecule has 1 nitrogen and oxygen atoms in total. The van der Waals surface area contributed by atoms with Gasteiger partial charge in [-0.05, 0) is 24.9 Å². The molecule has 0 aliphatic heterocycles. The molecule has 0 saturated heterocycles. The third kappa shape index (κ3) is 3.60. The van der Waals surface area contributed by atoms with Gasteiger partial charge in [0.15, 0.2) is 0 Å². The van der Waals surface area contributed by atoms with Crippen molar-refractivity contribution in [2.75, 3.05) is 7.05 Å². The Morgan fingerprint density at radius 1 is 1.11 bits per heavy atom. The molecular formula is C18H29N. The fraction of sp³-hybridized carbons (Fsp3) is 0.667. The molecule has 1 atom stereocenters. The summed E-state index contributed by atoms with van der Waals surface area (Å²) < 4.78 is 0. The second kappa shape index (κ2) is 6.56. The van der Waals surface area contributed by atoms with E-state index in [1.54, 1.807) is 0 Å². The van der Waals surface area contributed by atoms with Crippen LogP contribution in [0.15, 0.2) is 30.3 Å². The van der Waals surface area contributed by atoms with Gasteiger partial charge in [0.2, 0.25) is 0 Å². The lowest BCUT2D eigenvalue weighted by Gasteiger charge is -2.38. The summed E-state index contributed by atoms with van der Waals surface area (Å²) in [4.78, 5) is 0. The van der Waals surface area contributed by atoms with E-state index in [9.17, 15) is 0 Å². The molecule has 0 aromatic heterocycles. The van der Waals surface area contributed by atoms with Crippen molar-refractivity contribution in [2.24, 2.45) is 5.92 Å². The predicted octanol–water partition coefficient (Wildman–Crippen LogP) is 4.52. The lowest BCUT2D eigenvalue weighted by Crippen LogP contribution is -2.44. The van der Waals surface area contributed by atoms with Gasteiger partial charge in [0, 0.05) is 11.5 Å². The number of hydrogen-bond donors (Lipinski definition) is 1. The highest BCUT2D eigenvalue weighted by Crippen LogP contribution is 2.34. The van der Waals surface area contributed by atoms with E-state index in [2.05, 4.69) is 56.5 Å². The summed E-state index contributed by atoms with van der Waals surface area (Å²) in [7, 11) is 2.12. The maximum Gasteiger partial charge on any atom is 0.0158 e. The quantitative estimate of drug-likeness (QED) is 0.819. The Hall–Kier alpha value is -0.820. The van der Waals surface area contributed by atoms with Crippen molar-refractivity contribution in [2.45, 2.75) is 63.8 Å². The Bertz CT molecular complexity index is 363. The first-order chi connectivity index (χ1) is 9.14. The second-order valence-electron chi connectivity index (χ2n) is 6.67. The van der Waals surface area contributed by atoms with Gasteiger partial charge in [-0.25, -0.2) is 0 Å². The monoisotopic (exact) mass is 259 g/mol. The van der Waals surface area contributed by atoms with E-state index in [-0.39, 0.29) is 5.41 Å². The Morgan fingerprint density at radius 3 is 2.32 bits per heavy atom. The zero-order valence-corrected chi connectivity index (χ0v) is 12.8. The van der Waals surface area contributed by atoms with Crippen molar-refractivity contribution < 1.29 is 0 Å². The van der Waals surface area contributed by atoms with Crippen molar-refractivity contribution in [3.05, 3.63) is 35.9 Å². The standard InChI is InChI=1S/C18H29N/c1-18(2,16-12-8-5-9-13-16)17(19-3)14-15-10-6-4-7-11-15/h5,8-9,12-13,15,17,19H,4,6-7,10-11,14H2,1-3H3. The SMILES string of the molecule is CNC(CC1CCCCC1)C(C)(C)c1ccccc1. The van der Waals surface area contributed by atoms with Gasteiger partial charge < -0.3 is 5.32 Å². The highest BCUT2D eigenvalue weighted by Gasteiger charge is 2.32. The summed E-state index contributed by atoms with van der Waals surface area (Å²) in [5.41, 5.74) is 1.65. The fourth-order valence-corrected chi connectivity index (χ4v) is 3.60. The first-order valence-electron chi connectivity index (χ1n) is 7.87. The van der Waals surface area contributed by atoms with Gasteiger partial charge in [-0.2, -0.15) is 0 Å². The van der Waals surface area contributed by atoms with Gasteiger partial charge in [-0.3, -0.25) is 0 Å². The molecule has 19 heavy (non-hydrogen) atoms. The van der Waals surface area contributed by atoms with Crippen LogP contribution < -0.4 is 5.32 Å². The normalized spacial score (nSPS) is 19.3. The van der Waals surface area contributed by atoms with Crippen LogP contribution in [0, 0.1) is 5.92 Å². The Morgan fingerprint density at radius 2 is 1.74 bits per heavy atom. The minimum atomic E-state index is 0.202. The minimum Gasteiger partial charge on any atom is -0.316 e. The van der Waals surface area contributed by atoms with Crippen LogP contribution in [-0.2, 0) is 5.41 Å². The zero-order chi connectivity index (χ0) is 13.7. The van der Waals surface area contributed by atoms with Crippen LogP contribution in [0.25, 0.3) is 0 Å². The molecule has 1 fully saturated rings. The molecular weight excluding hydrogens is 230 g/mol. The molecule has 1 unspecified atom stereocenters. The summed E-state index contributed by atoms with van der Waals surface area (Å²) in [5, 5.41) is 3.59. The van der Waals surface area contributed by atoms with Crippen LogP contribution >= 0.6 is 0 Å². The second-order valence-corrected chi connectivity index (χ2v) is 6.67. The average Bonchev–Trinajstić information content (AvgIpc) is 2.46. The van der Waals surface area contributed by atoms with Crippen LogP contribution in [-0.4, -0.2) is 13.1 Å². The Balaban J connectivity index is 2.07. The van der Waals surface area contributed by atoms with Crippen molar-refractivity contribution in [1.82, 2.24) is 5.32 Å². The van der Waals surface area contributed by atoms with E-state index < -0.39 is 0 Å². The molecule has 1 aliphatic carbocycles. The third-order valence-electron chi connectivity index (χ3n) is 5.03. The Kier molecular flexibility index (Phi) is 5.04. The van der Waals surface area contributed by atoms with Crippen molar-refractivity contribution in [3.8, 4) is 0 Å². The van der Waals surface area contributed by atoms with Crippen LogP contribution in [0.4, 0.5) is 0 Å². The highest BCUT2D eigenvalue weighted by atomic mass is 14.9. The van der Waals surface area contributed by atoms with Gasteiger partial charge in [-0.15, -0.1) is 0 Å². The molecule has 2 rings (SSSR count). The predicted molar refractivity (Wildman–Crippen MR) is 83.5 cm³/mol. The van der Waals surface area contributed by atoms with E-state index in [1.807, 2.05) is 0 Å². The first kappa shape index (κ1) is 14.6. The van der Waals surface area contributed by atoms with Crippen molar-refractivity contribution >= 4 is 0 Å². The largest absolute Gasteiger partial charge is 0.316 e. The summed E-state index contributed by atoms with van der Waals surface area (Å²) in [6.45, 7) is 4.76. The van der Waals surface area contributed by atoms with E-state index in [4.69, 9.17) is 0 Å². The van der Waals surface area contributed by atoms with Crippen LogP contribution in [0.3, 0.4) is 0 Å². The molecule has 1 aromatic rings. The molecule has 106 valence electrons. The Labute approximate surface area is 118 Å². The summed E-state index contributed by atoms with van der Waals surface area (Å²) in [6, 6.07) is 11.5. The highest BCUT2D eigenvalue weighted by molar-refractivity contribution is 5.25. The molecule has 0 bridgehead atoms. The van der Waals surface area contributed by atoms with Crippen molar-refractivity contribution in [1.29, 1.82) is 0 Å². The summed E-state index contributed by atoms with van der Waals surface area (Å²) in [6.07, 6.45) is 8.51. The lowest BCUT2D eigenvalue weighted by molar-refractivity contribution is 0.250. The number of rotatable bonds is 5. The number of nitrogens with one attached hydrogen (secondary N) is 1. The van der Waals surface area contributed by atoms with Crippen molar-refractivity contribution in [3.63, 3.8) is 0 Å². The van der Waals surface area contributed by atoms with Gasteiger partial charge in [-0.1, -0.05) is 76.3 Å². The number of benzene rings is 1. The average molecular weight is 259 g/mol. The van der Waals surface area contributed by atoms with E-state index in [1.165, 1.54) is 44.1 Å². The van der Waals surface area contributed by atoms with Crippen LogP contribution in [0.5, 0.6) is 0 Å². The topological polar surface area (TPSA) is 12.0 Å². The van der Waals surface area contributed by atoms with Gasteiger partial charge in [0.1, 0.15) is 0 Å². The third-order valence-corrected chi connectivity index (χ3v) is 5.03. The summed E-state index contributed by atoms with van der Waals surface area (Å²) in [5.74, 6) is 0.925. The fourth-order valence-electron chi connectivity index (χ4n) is 3.60. The molecule has 0 heterocycles. The van der Waals surface area contributed by atoms with Crippen LogP contribution in [0.1, 0.15) is 57.9 Å².